The highest BCUT2D eigenvalue weighted by Crippen LogP contribution is 2.12. The van der Waals surface area contributed by atoms with Crippen LogP contribution in [0.1, 0.15) is 29.5 Å². The van der Waals surface area contributed by atoms with E-state index in [1.807, 2.05) is 0 Å². The second kappa shape index (κ2) is 7.08. The number of hydrogen-bond acceptors (Lipinski definition) is 6. The Hall–Kier alpha value is -3.29. The topological polar surface area (TPSA) is 98.5 Å². The van der Waals surface area contributed by atoms with Crippen LogP contribution in [0.2, 0.25) is 0 Å². The summed E-state index contributed by atoms with van der Waals surface area (Å²) in [6.07, 6.45) is 0.618. The number of benzene rings is 1. The lowest BCUT2D eigenvalue weighted by Gasteiger charge is -2.05. The monoisotopic (exact) mass is 339 g/mol. The fraction of sp³-hybridized carbons (Fsp3) is 0.235. The van der Waals surface area contributed by atoms with Crippen LogP contribution in [0.25, 0.3) is 5.65 Å². The Morgan fingerprint density at radius 2 is 1.88 bits per heavy atom. The molecule has 0 bridgehead atoms. The van der Waals surface area contributed by atoms with E-state index in [-0.39, 0.29) is 18.1 Å². The summed E-state index contributed by atoms with van der Waals surface area (Å²) in [5, 5.41) is 15.1. The van der Waals surface area contributed by atoms with Crippen molar-refractivity contribution in [3.8, 4) is 5.88 Å². The molecule has 0 fully saturated rings. The van der Waals surface area contributed by atoms with Crippen molar-refractivity contribution >= 4 is 23.0 Å². The first-order chi connectivity index (χ1) is 12.1. The minimum Gasteiger partial charge on any atom is -0.480 e. The van der Waals surface area contributed by atoms with Gasteiger partial charge in [-0.1, -0.05) is 0 Å². The highest BCUT2D eigenvalue weighted by molar-refractivity contribution is 5.95. The van der Waals surface area contributed by atoms with E-state index in [1.54, 1.807) is 40.9 Å². The number of ether oxygens (including phenoxy) is 1. The van der Waals surface area contributed by atoms with E-state index in [0.717, 1.165) is 0 Å². The minimum absolute atomic E-state index is 0.0144. The molecule has 0 saturated carbocycles. The van der Waals surface area contributed by atoms with E-state index < -0.39 is 0 Å². The average Bonchev–Trinajstić information content (AvgIpc) is 3.02. The van der Waals surface area contributed by atoms with Gasteiger partial charge in [-0.25, -0.2) is 0 Å². The molecule has 8 nitrogen and oxygen atoms in total. The molecule has 25 heavy (non-hydrogen) atoms. The van der Waals surface area contributed by atoms with Gasteiger partial charge < -0.3 is 10.1 Å². The van der Waals surface area contributed by atoms with Gasteiger partial charge in [0.15, 0.2) is 17.3 Å². The maximum Gasteiger partial charge on any atom is 0.231 e. The molecule has 2 heterocycles. The molecule has 0 atom stereocenters. The number of amides is 1. The van der Waals surface area contributed by atoms with Crippen LogP contribution < -0.4 is 10.1 Å². The van der Waals surface area contributed by atoms with Gasteiger partial charge in [-0.05, 0) is 37.3 Å². The SMILES string of the molecule is COc1ccc2nnc(CCC(=O)Nc3ccc(C(C)=O)cc3)n2n1. The molecule has 0 unspecified atom stereocenters. The summed E-state index contributed by atoms with van der Waals surface area (Å²) in [6, 6.07) is 10.2. The van der Waals surface area contributed by atoms with Crippen LogP contribution in [0, 0.1) is 0 Å². The minimum atomic E-state index is -0.157. The third-order valence-corrected chi connectivity index (χ3v) is 3.66. The Balaban J connectivity index is 1.63. The molecule has 2 aromatic heterocycles. The predicted octanol–water partition coefficient (Wildman–Crippen LogP) is 1.91. The summed E-state index contributed by atoms with van der Waals surface area (Å²) in [7, 11) is 1.53. The predicted molar refractivity (Wildman–Crippen MR) is 90.7 cm³/mol. The molecule has 0 aliphatic carbocycles. The van der Waals surface area contributed by atoms with Gasteiger partial charge in [0, 0.05) is 30.2 Å². The van der Waals surface area contributed by atoms with Crippen molar-refractivity contribution in [1.82, 2.24) is 19.8 Å². The van der Waals surface area contributed by atoms with Gasteiger partial charge in [-0.2, -0.15) is 4.52 Å². The van der Waals surface area contributed by atoms with Crippen molar-refractivity contribution in [3.63, 3.8) is 0 Å². The number of aryl methyl sites for hydroxylation is 1. The van der Waals surface area contributed by atoms with Gasteiger partial charge in [-0.15, -0.1) is 15.3 Å². The lowest BCUT2D eigenvalue weighted by atomic mass is 10.1. The zero-order valence-corrected chi connectivity index (χ0v) is 13.9. The molecular formula is C17H17N5O3. The Morgan fingerprint density at radius 1 is 1.12 bits per heavy atom. The number of aromatic nitrogens is 4. The maximum atomic E-state index is 12.1. The van der Waals surface area contributed by atoms with Gasteiger partial charge >= 0.3 is 0 Å². The Bertz CT molecular complexity index is 918. The number of carbonyl (C=O) groups excluding carboxylic acids is 2. The highest BCUT2D eigenvalue weighted by Gasteiger charge is 2.11. The number of carbonyl (C=O) groups is 2. The number of rotatable bonds is 6. The first-order valence-electron chi connectivity index (χ1n) is 7.73. The molecule has 0 saturated heterocycles. The van der Waals surface area contributed by atoms with Crippen LogP contribution in [0.4, 0.5) is 5.69 Å². The first-order valence-corrected chi connectivity index (χ1v) is 7.73. The third kappa shape index (κ3) is 3.79. The zero-order valence-electron chi connectivity index (χ0n) is 13.9. The fourth-order valence-corrected chi connectivity index (χ4v) is 2.32. The van der Waals surface area contributed by atoms with Crippen LogP contribution in [0.3, 0.4) is 0 Å². The summed E-state index contributed by atoms with van der Waals surface area (Å²) in [5.74, 6) is 0.856. The molecule has 128 valence electrons. The summed E-state index contributed by atoms with van der Waals surface area (Å²) in [4.78, 5) is 23.4. The van der Waals surface area contributed by atoms with Crippen molar-refractivity contribution in [2.75, 3.05) is 12.4 Å². The van der Waals surface area contributed by atoms with Gasteiger partial charge in [0.25, 0.3) is 0 Å². The molecule has 3 aromatic rings. The Morgan fingerprint density at radius 3 is 2.56 bits per heavy atom. The second-order valence-electron chi connectivity index (χ2n) is 5.44. The van der Waals surface area contributed by atoms with Gasteiger partial charge in [0.05, 0.1) is 7.11 Å². The number of nitrogens with one attached hydrogen (secondary N) is 1. The van der Waals surface area contributed by atoms with Crippen LogP contribution in [-0.2, 0) is 11.2 Å². The normalized spacial score (nSPS) is 10.6. The molecule has 0 spiro atoms. The first kappa shape index (κ1) is 16.6. The lowest BCUT2D eigenvalue weighted by Crippen LogP contribution is -2.13. The molecule has 1 N–H and O–H groups in total. The summed E-state index contributed by atoms with van der Waals surface area (Å²) < 4.78 is 6.65. The van der Waals surface area contributed by atoms with E-state index in [9.17, 15) is 9.59 Å². The number of Topliss-reactive ketones (excluding diaryl/α,β-unsaturated/α-hetero) is 1. The van der Waals surface area contributed by atoms with Crippen molar-refractivity contribution < 1.29 is 14.3 Å². The number of methoxy groups -OCH3 is 1. The molecule has 8 heteroatoms. The van der Waals surface area contributed by atoms with Crippen LogP contribution in [-0.4, -0.2) is 38.6 Å². The van der Waals surface area contributed by atoms with Gasteiger partial charge in [0.2, 0.25) is 11.8 Å². The number of ketones is 1. The number of fused-ring (bicyclic) bond motifs is 1. The van der Waals surface area contributed by atoms with Crippen molar-refractivity contribution in [3.05, 3.63) is 47.8 Å². The number of hydrogen-bond donors (Lipinski definition) is 1. The molecular weight excluding hydrogens is 322 g/mol. The van der Waals surface area contributed by atoms with E-state index in [2.05, 4.69) is 20.6 Å². The van der Waals surface area contributed by atoms with Crippen molar-refractivity contribution in [2.45, 2.75) is 19.8 Å². The largest absolute Gasteiger partial charge is 0.480 e. The molecule has 0 aliphatic rings. The van der Waals surface area contributed by atoms with E-state index in [1.165, 1.54) is 14.0 Å². The quantitative estimate of drug-likeness (QED) is 0.689. The van der Waals surface area contributed by atoms with Crippen LogP contribution in [0.5, 0.6) is 5.88 Å². The highest BCUT2D eigenvalue weighted by atomic mass is 16.5. The third-order valence-electron chi connectivity index (χ3n) is 3.66. The standard InChI is InChI=1S/C17H17N5O3/c1-11(23)12-3-5-13(6-4-12)18-16(24)9-7-14-19-20-15-8-10-17(25-2)21-22(14)15/h3-6,8,10H,7,9H2,1-2H3,(H,18,24). The molecule has 0 radical (unpaired) electrons. The van der Waals surface area contributed by atoms with Gasteiger partial charge in [-0.3, -0.25) is 9.59 Å². The Labute approximate surface area is 143 Å². The molecule has 1 amide bonds. The summed E-state index contributed by atoms with van der Waals surface area (Å²) in [5.41, 5.74) is 1.84. The van der Waals surface area contributed by atoms with Crippen LogP contribution >= 0.6 is 0 Å². The van der Waals surface area contributed by atoms with Crippen molar-refractivity contribution in [2.24, 2.45) is 0 Å². The second-order valence-corrected chi connectivity index (χ2v) is 5.44. The molecule has 1 aromatic carbocycles. The number of nitrogens with zero attached hydrogens (tertiary/aromatic N) is 4. The van der Waals surface area contributed by atoms with E-state index in [4.69, 9.17) is 4.74 Å². The summed E-state index contributed by atoms with van der Waals surface area (Å²) >= 11 is 0. The summed E-state index contributed by atoms with van der Waals surface area (Å²) in [6.45, 7) is 1.50. The fourth-order valence-electron chi connectivity index (χ4n) is 2.32. The van der Waals surface area contributed by atoms with E-state index >= 15 is 0 Å². The maximum absolute atomic E-state index is 12.1. The zero-order chi connectivity index (χ0) is 17.8. The number of anilines is 1. The van der Waals surface area contributed by atoms with E-state index in [0.29, 0.717) is 35.0 Å². The van der Waals surface area contributed by atoms with Crippen molar-refractivity contribution in [1.29, 1.82) is 0 Å². The molecule has 0 aliphatic heterocycles. The Kier molecular flexibility index (Phi) is 4.69. The van der Waals surface area contributed by atoms with Crippen LogP contribution in [0.15, 0.2) is 36.4 Å². The smallest absolute Gasteiger partial charge is 0.231 e. The lowest BCUT2D eigenvalue weighted by molar-refractivity contribution is -0.116. The molecule has 3 rings (SSSR count). The van der Waals surface area contributed by atoms with Gasteiger partial charge in [0.1, 0.15) is 0 Å². The average molecular weight is 339 g/mol.